The van der Waals surface area contributed by atoms with E-state index in [-0.39, 0.29) is 11.6 Å². The Morgan fingerprint density at radius 3 is 2.68 bits per heavy atom. The number of nitrogens with two attached hydrogens (primary N) is 1. The quantitative estimate of drug-likeness (QED) is 0.855. The van der Waals surface area contributed by atoms with Gasteiger partial charge in [-0.1, -0.05) is 20.8 Å². The van der Waals surface area contributed by atoms with E-state index in [2.05, 4.69) is 43.7 Å². The van der Waals surface area contributed by atoms with Gasteiger partial charge in [0.1, 0.15) is 11.9 Å². The molecule has 1 amide bonds. The number of aromatic nitrogens is 1. The summed E-state index contributed by atoms with van der Waals surface area (Å²) in [5, 5.41) is 2.57. The number of hydrogen-bond donors (Lipinski definition) is 1. The molecule has 123 valence electrons. The molecule has 0 saturated carbocycles. The summed E-state index contributed by atoms with van der Waals surface area (Å²) in [5.41, 5.74) is 5.94. The van der Waals surface area contributed by atoms with Gasteiger partial charge in [0.25, 0.3) is 5.91 Å². The van der Waals surface area contributed by atoms with Crippen molar-refractivity contribution < 1.29 is 9.22 Å². The van der Waals surface area contributed by atoms with Gasteiger partial charge in [0.15, 0.2) is 5.13 Å². The van der Waals surface area contributed by atoms with Crippen molar-refractivity contribution in [3.8, 4) is 0 Å². The standard InChI is InChI=1S/C15H26N3O2SSi/c1-15(2,3)10-6-7-18(12(8-10)20-22(4)5)14-17-11(9-21-14)13(16)19/h9-10,12H,6-8H2,1-5H3,(H2,16,19). The highest BCUT2D eigenvalue weighted by Gasteiger charge is 2.36. The lowest BCUT2D eigenvalue weighted by atomic mass is 9.75. The average molecular weight is 341 g/mol. The number of piperidine rings is 1. The highest BCUT2D eigenvalue weighted by atomic mass is 32.1. The second-order valence-electron chi connectivity index (χ2n) is 7.14. The molecule has 2 N–H and O–H groups in total. The molecule has 1 fully saturated rings. The Bertz CT molecular complexity index is 527. The second kappa shape index (κ2) is 6.68. The highest BCUT2D eigenvalue weighted by Crippen LogP contribution is 2.39. The summed E-state index contributed by atoms with van der Waals surface area (Å²) in [5.74, 6) is 0.158. The normalized spacial score (nSPS) is 23.1. The summed E-state index contributed by atoms with van der Waals surface area (Å²) in [6.45, 7) is 12.1. The smallest absolute Gasteiger partial charge is 0.268 e. The van der Waals surface area contributed by atoms with Gasteiger partial charge in [-0.25, -0.2) is 4.98 Å². The zero-order valence-electron chi connectivity index (χ0n) is 14.0. The molecule has 2 unspecified atom stereocenters. The fourth-order valence-electron chi connectivity index (χ4n) is 2.83. The summed E-state index contributed by atoms with van der Waals surface area (Å²) in [7, 11) is -0.807. The van der Waals surface area contributed by atoms with Crippen LogP contribution in [0.1, 0.15) is 44.1 Å². The van der Waals surface area contributed by atoms with Crippen LogP contribution >= 0.6 is 11.3 Å². The third-order valence-corrected chi connectivity index (χ3v) is 5.76. The van der Waals surface area contributed by atoms with E-state index in [1.807, 2.05) is 0 Å². The molecule has 1 aromatic rings. The molecule has 5 nitrogen and oxygen atoms in total. The number of nitrogens with zero attached hydrogens (tertiary/aromatic N) is 2. The molecule has 2 atom stereocenters. The minimum atomic E-state index is -0.807. The first-order chi connectivity index (χ1) is 10.2. The lowest BCUT2D eigenvalue weighted by Crippen LogP contribution is -2.48. The summed E-state index contributed by atoms with van der Waals surface area (Å²) in [6.07, 6.45) is 2.17. The average Bonchev–Trinajstić information content (AvgIpc) is 2.86. The van der Waals surface area contributed by atoms with E-state index in [4.69, 9.17) is 10.2 Å². The van der Waals surface area contributed by atoms with Crippen molar-refractivity contribution in [3.05, 3.63) is 11.1 Å². The molecule has 7 heteroatoms. The maximum atomic E-state index is 11.3. The molecule has 2 rings (SSSR count). The van der Waals surface area contributed by atoms with Gasteiger partial charge in [-0.3, -0.25) is 4.79 Å². The van der Waals surface area contributed by atoms with Gasteiger partial charge in [0, 0.05) is 11.9 Å². The van der Waals surface area contributed by atoms with E-state index in [0.717, 1.165) is 24.5 Å². The first-order valence-electron chi connectivity index (χ1n) is 7.67. The van der Waals surface area contributed by atoms with Crippen molar-refractivity contribution in [2.45, 2.75) is 52.9 Å². The Morgan fingerprint density at radius 2 is 2.18 bits per heavy atom. The molecule has 2 heterocycles. The van der Waals surface area contributed by atoms with E-state index >= 15 is 0 Å². The lowest BCUT2D eigenvalue weighted by Gasteiger charge is -2.44. The van der Waals surface area contributed by atoms with Crippen molar-refractivity contribution >= 4 is 31.4 Å². The monoisotopic (exact) mass is 340 g/mol. The minimum Gasteiger partial charge on any atom is -0.397 e. The Labute approximate surface area is 138 Å². The Hall–Kier alpha value is -0.923. The summed E-state index contributed by atoms with van der Waals surface area (Å²) in [4.78, 5) is 17.8. The van der Waals surface area contributed by atoms with Gasteiger partial charge in [-0.05, 0) is 37.3 Å². The number of carbonyl (C=O) groups is 1. The molecule has 1 aliphatic heterocycles. The third kappa shape index (κ3) is 4.08. The predicted octanol–water partition coefficient (Wildman–Crippen LogP) is 3.10. The van der Waals surface area contributed by atoms with Crippen LogP contribution in [-0.4, -0.2) is 32.7 Å². The van der Waals surface area contributed by atoms with Crippen LogP contribution in [0.25, 0.3) is 0 Å². The zero-order chi connectivity index (χ0) is 16.5. The molecule has 1 radical (unpaired) electrons. The molecule has 0 aliphatic carbocycles. The molecule has 0 bridgehead atoms. The van der Waals surface area contributed by atoms with Crippen LogP contribution < -0.4 is 10.6 Å². The molecular formula is C15H26N3O2SSi. The maximum Gasteiger partial charge on any atom is 0.268 e. The van der Waals surface area contributed by atoms with Gasteiger partial charge in [-0.2, -0.15) is 0 Å². The predicted molar refractivity (Wildman–Crippen MR) is 92.5 cm³/mol. The number of anilines is 1. The molecule has 1 aliphatic rings. The van der Waals surface area contributed by atoms with Crippen LogP contribution in [-0.2, 0) is 4.43 Å². The SMILES string of the molecule is C[Si](C)OC1CC(C(C)(C)C)CCN1c1nc(C(N)=O)cs1. The van der Waals surface area contributed by atoms with E-state index in [1.165, 1.54) is 11.3 Å². The minimum absolute atomic E-state index is 0.0498. The molecule has 0 aromatic carbocycles. The van der Waals surface area contributed by atoms with Gasteiger partial charge in [-0.15, -0.1) is 11.3 Å². The van der Waals surface area contributed by atoms with Crippen LogP contribution in [0.15, 0.2) is 5.38 Å². The van der Waals surface area contributed by atoms with Crippen LogP contribution in [0.4, 0.5) is 5.13 Å². The molecule has 22 heavy (non-hydrogen) atoms. The van der Waals surface area contributed by atoms with E-state index in [1.54, 1.807) is 5.38 Å². The van der Waals surface area contributed by atoms with Gasteiger partial charge >= 0.3 is 0 Å². The Morgan fingerprint density at radius 1 is 1.50 bits per heavy atom. The first kappa shape index (κ1) is 17.4. The number of amides is 1. The number of thiazole rings is 1. The second-order valence-corrected chi connectivity index (χ2v) is 10.0. The molecule has 1 aromatic heterocycles. The summed E-state index contributed by atoms with van der Waals surface area (Å²) < 4.78 is 6.23. The lowest BCUT2D eigenvalue weighted by molar-refractivity contribution is 0.0849. The highest BCUT2D eigenvalue weighted by molar-refractivity contribution is 7.13. The maximum absolute atomic E-state index is 11.3. The van der Waals surface area contributed by atoms with Crippen molar-refractivity contribution in [3.63, 3.8) is 0 Å². The van der Waals surface area contributed by atoms with E-state index < -0.39 is 14.9 Å². The summed E-state index contributed by atoms with van der Waals surface area (Å²) >= 11 is 1.47. The van der Waals surface area contributed by atoms with Crippen molar-refractivity contribution in [1.29, 1.82) is 0 Å². The van der Waals surface area contributed by atoms with E-state index in [0.29, 0.717) is 11.6 Å². The van der Waals surface area contributed by atoms with Crippen LogP contribution in [0.5, 0.6) is 0 Å². The van der Waals surface area contributed by atoms with Gasteiger partial charge < -0.3 is 15.1 Å². The molecular weight excluding hydrogens is 314 g/mol. The number of rotatable bonds is 4. The number of hydrogen-bond acceptors (Lipinski definition) is 5. The van der Waals surface area contributed by atoms with Crippen LogP contribution in [0.2, 0.25) is 13.1 Å². The van der Waals surface area contributed by atoms with Gasteiger partial charge in [0.2, 0.25) is 9.04 Å². The fraction of sp³-hybridized carbons (Fsp3) is 0.733. The Balaban J connectivity index is 2.19. The Kier molecular flexibility index (Phi) is 5.29. The largest absolute Gasteiger partial charge is 0.397 e. The summed E-state index contributed by atoms with van der Waals surface area (Å²) in [6, 6.07) is 0. The van der Waals surface area contributed by atoms with E-state index in [9.17, 15) is 4.79 Å². The number of carbonyl (C=O) groups excluding carboxylic acids is 1. The van der Waals surface area contributed by atoms with Crippen molar-refractivity contribution in [2.24, 2.45) is 17.1 Å². The van der Waals surface area contributed by atoms with Crippen molar-refractivity contribution in [1.82, 2.24) is 4.98 Å². The zero-order valence-corrected chi connectivity index (χ0v) is 15.9. The third-order valence-electron chi connectivity index (χ3n) is 4.14. The first-order valence-corrected chi connectivity index (χ1v) is 11.0. The van der Waals surface area contributed by atoms with Crippen molar-refractivity contribution in [2.75, 3.05) is 11.4 Å². The molecule has 1 saturated heterocycles. The van der Waals surface area contributed by atoms with Crippen LogP contribution in [0, 0.1) is 11.3 Å². The topological polar surface area (TPSA) is 68.4 Å². The number of primary amides is 1. The van der Waals surface area contributed by atoms with Gasteiger partial charge in [0.05, 0.1) is 0 Å². The fourth-order valence-corrected chi connectivity index (χ4v) is 4.47. The molecule has 0 spiro atoms. The van der Waals surface area contributed by atoms with Crippen LogP contribution in [0.3, 0.4) is 0 Å².